The number of carbonyl (C=O) groups excluding carboxylic acids is 1. The highest BCUT2D eigenvalue weighted by Gasteiger charge is 2.24. The van der Waals surface area contributed by atoms with E-state index >= 15 is 0 Å². The summed E-state index contributed by atoms with van der Waals surface area (Å²) in [6.45, 7) is 3.62. The summed E-state index contributed by atoms with van der Waals surface area (Å²) in [6.07, 6.45) is -2.68. The molecule has 1 unspecified atom stereocenters. The lowest BCUT2D eigenvalue weighted by molar-refractivity contribution is -0.140. The van der Waals surface area contributed by atoms with E-state index in [-0.39, 0.29) is 11.7 Å². The van der Waals surface area contributed by atoms with Gasteiger partial charge in [-0.05, 0) is 19.9 Å². The minimum Gasteiger partial charge on any atom is -0.480 e. The average Bonchev–Trinajstić information content (AvgIpc) is 2.37. The van der Waals surface area contributed by atoms with Crippen molar-refractivity contribution in [3.8, 4) is 5.88 Å². The van der Waals surface area contributed by atoms with Gasteiger partial charge in [-0.3, -0.25) is 4.79 Å². The molecule has 0 spiro atoms. The summed E-state index contributed by atoms with van der Waals surface area (Å²) in [6, 6.07) is 1.17. The zero-order valence-corrected chi connectivity index (χ0v) is 11.5. The molecular weight excluding hydrogens is 286 g/mol. The van der Waals surface area contributed by atoms with Crippen LogP contribution in [0.5, 0.6) is 5.88 Å². The van der Waals surface area contributed by atoms with Crippen LogP contribution in [-0.4, -0.2) is 40.5 Å². The summed E-state index contributed by atoms with van der Waals surface area (Å²) in [5.41, 5.74) is 0.0617. The number of nitrogens with one attached hydrogen (secondary N) is 1. The molecule has 2 N–H and O–H groups in total. The number of alkyl halides is 2. The second-order valence-electron chi connectivity index (χ2n) is 4.54. The van der Waals surface area contributed by atoms with Crippen LogP contribution >= 0.6 is 0 Å². The van der Waals surface area contributed by atoms with Gasteiger partial charge >= 0.3 is 5.97 Å². The van der Waals surface area contributed by atoms with Crippen LogP contribution in [0.2, 0.25) is 0 Å². The highest BCUT2D eigenvalue weighted by molar-refractivity contribution is 5.96. The number of hydrogen-bond donors (Lipinski definition) is 2. The lowest BCUT2D eigenvalue weighted by Crippen LogP contribution is -2.42. The van der Waals surface area contributed by atoms with E-state index in [2.05, 4.69) is 4.98 Å². The first-order chi connectivity index (χ1) is 9.79. The van der Waals surface area contributed by atoms with E-state index in [1.165, 1.54) is 18.3 Å². The molecule has 1 aromatic heterocycles. The standard InChI is InChI=1S/C13H16F2N2O4/c1-7(2)21-11-4-3-8(6-16-11)12(18)17-9(13(19)20)5-10(14)15/h3-4,6-7,9-10H,5H2,1-2H3,(H,17,18)(H,19,20). The van der Waals surface area contributed by atoms with E-state index in [0.29, 0.717) is 5.88 Å². The minimum atomic E-state index is -2.83. The van der Waals surface area contributed by atoms with E-state index < -0.39 is 30.8 Å². The van der Waals surface area contributed by atoms with Gasteiger partial charge in [0.25, 0.3) is 5.91 Å². The van der Waals surface area contributed by atoms with Crippen LogP contribution < -0.4 is 10.1 Å². The Morgan fingerprint density at radius 2 is 2.05 bits per heavy atom. The molecule has 1 aromatic rings. The van der Waals surface area contributed by atoms with Crippen LogP contribution in [0, 0.1) is 0 Å². The van der Waals surface area contributed by atoms with Gasteiger partial charge in [0.05, 0.1) is 11.7 Å². The first-order valence-corrected chi connectivity index (χ1v) is 6.24. The highest BCUT2D eigenvalue weighted by Crippen LogP contribution is 2.10. The van der Waals surface area contributed by atoms with E-state index in [4.69, 9.17) is 9.84 Å². The normalized spacial score (nSPS) is 12.3. The molecule has 0 bridgehead atoms. The van der Waals surface area contributed by atoms with Crippen LogP contribution in [0.25, 0.3) is 0 Å². The number of nitrogens with zero attached hydrogens (tertiary/aromatic N) is 1. The fourth-order valence-corrected chi connectivity index (χ4v) is 1.47. The zero-order chi connectivity index (χ0) is 16.0. The lowest BCUT2D eigenvalue weighted by Gasteiger charge is -2.14. The van der Waals surface area contributed by atoms with Crippen molar-refractivity contribution >= 4 is 11.9 Å². The minimum absolute atomic E-state index is 0.0617. The van der Waals surface area contributed by atoms with E-state index in [1.54, 1.807) is 0 Å². The molecule has 0 aromatic carbocycles. The van der Waals surface area contributed by atoms with Crippen LogP contribution in [0.4, 0.5) is 8.78 Å². The van der Waals surface area contributed by atoms with Gasteiger partial charge in [0, 0.05) is 18.7 Å². The molecule has 8 heteroatoms. The molecule has 1 rings (SSSR count). The van der Waals surface area contributed by atoms with Crippen molar-refractivity contribution in [2.75, 3.05) is 0 Å². The van der Waals surface area contributed by atoms with Gasteiger partial charge in [-0.25, -0.2) is 18.6 Å². The van der Waals surface area contributed by atoms with E-state index in [0.717, 1.165) is 0 Å². The Bertz CT molecular complexity index is 491. The van der Waals surface area contributed by atoms with Crippen LogP contribution in [-0.2, 0) is 4.79 Å². The molecule has 21 heavy (non-hydrogen) atoms. The van der Waals surface area contributed by atoms with Gasteiger partial charge in [-0.15, -0.1) is 0 Å². The van der Waals surface area contributed by atoms with E-state index in [1.807, 2.05) is 19.2 Å². The Hall–Kier alpha value is -2.25. The quantitative estimate of drug-likeness (QED) is 0.800. The van der Waals surface area contributed by atoms with Gasteiger partial charge in [-0.2, -0.15) is 0 Å². The van der Waals surface area contributed by atoms with Gasteiger partial charge < -0.3 is 15.2 Å². The molecule has 1 heterocycles. The summed E-state index contributed by atoms with van der Waals surface area (Å²) in [5.74, 6) is -1.99. The Labute approximate surface area is 120 Å². The second-order valence-corrected chi connectivity index (χ2v) is 4.54. The summed E-state index contributed by atoms with van der Waals surface area (Å²) in [4.78, 5) is 26.4. The number of pyridine rings is 1. The van der Waals surface area contributed by atoms with Crippen LogP contribution in [0.1, 0.15) is 30.6 Å². The van der Waals surface area contributed by atoms with Gasteiger partial charge in [0.2, 0.25) is 12.3 Å². The van der Waals surface area contributed by atoms with Crippen molar-refractivity contribution in [1.82, 2.24) is 10.3 Å². The largest absolute Gasteiger partial charge is 0.480 e. The fraction of sp³-hybridized carbons (Fsp3) is 0.462. The van der Waals surface area contributed by atoms with Crippen molar-refractivity contribution in [2.45, 2.75) is 38.8 Å². The molecule has 0 fully saturated rings. The number of halogens is 2. The first kappa shape index (κ1) is 16.8. The maximum absolute atomic E-state index is 12.2. The van der Waals surface area contributed by atoms with Crippen LogP contribution in [0.15, 0.2) is 18.3 Å². The fourth-order valence-electron chi connectivity index (χ4n) is 1.47. The molecular formula is C13H16F2N2O4. The summed E-state index contributed by atoms with van der Waals surface area (Å²) in [5, 5.41) is 10.8. The van der Waals surface area contributed by atoms with Crippen LogP contribution in [0.3, 0.4) is 0 Å². The number of aromatic nitrogens is 1. The topological polar surface area (TPSA) is 88.5 Å². The third-order valence-electron chi connectivity index (χ3n) is 2.37. The Morgan fingerprint density at radius 3 is 2.48 bits per heavy atom. The number of hydrogen-bond acceptors (Lipinski definition) is 4. The predicted octanol–water partition coefficient (Wildman–Crippen LogP) is 1.71. The number of amides is 1. The molecule has 6 nitrogen and oxygen atoms in total. The Kier molecular flexibility index (Phi) is 6.01. The molecule has 0 aliphatic heterocycles. The third kappa shape index (κ3) is 5.72. The summed E-state index contributed by atoms with van der Waals surface area (Å²) >= 11 is 0. The Morgan fingerprint density at radius 1 is 1.38 bits per heavy atom. The molecule has 0 radical (unpaired) electrons. The highest BCUT2D eigenvalue weighted by atomic mass is 19.3. The molecule has 0 saturated heterocycles. The number of carboxylic acid groups (broad SMARTS) is 1. The number of ether oxygens (including phenoxy) is 1. The third-order valence-corrected chi connectivity index (χ3v) is 2.37. The molecule has 0 aliphatic carbocycles. The smallest absolute Gasteiger partial charge is 0.326 e. The van der Waals surface area contributed by atoms with Gasteiger partial charge in [0.15, 0.2) is 0 Å². The maximum Gasteiger partial charge on any atom is 0.326 e. The summed E-state index contributed by atoms with van der Waals surface area (Å²) < 4.78 is 29.7. The SMILES string of the molecule is CC(C)Oc1ccc(C(=O)NC(CC(F)F)C(=O)O)cn1. The second kappa shape index (κ2) is 7.51. The molecule has 1 atom stereocenters. The van der Waals surface area contributed by atoms with Crippen molar-refractivity contribution in [1.29, 1.82) is 0 Å². The zero-order valence-electron chi connectivity index (χ0n) is 11.5. The van der Waals surface area contributed by atoms with Crippen molar-refractivity contribution < 1.29 is 28.2 Å². The van der Waals surface area contributed by atoms with Crippen molar-refractivity contribution in [3.05, 3.63) is 23.9 Å². The average molecular weight is 302 g/mol. The molecule has 116 valence electrons. The van der Waals surface area contributed by atoms with Crippen molar-refractivity contribution in [2.24, 2.45) is 0 Å². The first-order valence-electron chi connectivity index (χ1n) is 6.24. The molecule has 1 amide bonds. The Balaban J connectivity index is 2.71. The van der Waals surface area contributed by atoms with Gasteiger partial charge in [0.1, 0.15) is 6.04 Å². The molecule has 0 aliphatic rings. The predicted molar refractivity (Wildman–Crippen MR) is 69.5 cm³/mol. The number of carbonyl (C=O) groups is 2. The summed E-state index contributed by atoms with van der Waals surface area (Å²) in [7, 11) is 0. The van der Waals surface area contributed by atoms with Crippen molar-refractivity contribution in [3.63, 3.8) is 0 Å². The lowest BCUT2D eigenvalue weighted by atomic mass is 10.2. The van der Waals surface area contributed by atoms with Gasteiger partial charge in [-0.1, -0.05) is 0 Å². The maximum atomic E-state index is 12.2. The number of rotatable bonds is 7. The number of aliphatic carboxylic acids is 1. The molecule has 0 saturated carbocycles. The van der Waals surface area contributed by atoms with E-state index in [9.17, 15) is 18.4 Å². The monoisotopic (exact) mass is 302 g/mol. The number of carboxylic acids is 1.